The summed E-state index contributed by atoms with van der Waals surface area (Å²) < 4.78 is 51.2. The largest absolute Gasteiger partial charge is 0.573 e. The van der Waals surface area contributed by atoms with Crippen LogP contribution in [-0.2, 0) is 0 Å². The van der Waals surface area contributed by atoms with Gasteiger partial charge in [0.2, 0.25) is 0 Å². The van der Waals surface area contributed by atoms with Gasteiger partial charge in [-0.05, 0) is 19.1 Å². The summed E-state index contributed by atoms with van der Waals surface area (Å²) in [6, 6.07) is 3.12. The Morgan fingerprint density at radius 2 is 1.85 bits per heavy atom. The van der Waals surface area contributed by atoms with Gasteiger partial charge >= 0.3 is 6.36 Å². The summed E-state index contributed by atoms with van der Waals surface area (Å²) >= 11 is 0. The highest BCUT2D eigenvalue weighted by Crippen LogP contribution is 2.26. The fraction of sp³-hybridized carbons (Fsp3) is 0.125. The standard InChI is InChI=1S/C8H5F4O/c1-5-6(9)3-2-4-7(5)13-8(10,11)12/h2-4H,1H2. The number of rotatable bonds is 1. The second-order valence-corrected chi connectivity index (χ2v) is 2.26. The number of hydrogen-bond donors (Lipinski definition) is 0. The van der Waals surface area contributed by atoms with Crippen LogP contribution in [0.3, 0.4) is 0 Å². The fourth-order valence-corrected chi connectivity index (χ4v) is 0.759. The monoisotopic (exact) mass is 193 g/mol. The SMILES string of the molecule is [CH2]c1c(F)cccc1OC(F)(F)F. The molecule has 0 saturated heterocycles. The molecule has 0 atom stereocenters. The summed E-state index contributed by atoms with van der Waals surface area (Å²) in [4.78, 5) is 0. The van der Waals surface area contributed by atoms with Crippen molar-refractivity contribution in [2.45, 2.75) is 6.36 Å². The molecule has 0 heterocycles. The average Bonchev–Trinajstić information content (AvgIpc) is 1.96. The van der Waals surface area contributed by atoms with E-state index in [2.05, 4.69) is 11.7 Å². The lowest BCUT2D eigenvalue weighted by atomic mass is 10.2. The van der Waals surface area contributed by atoms with Gasteiger partial charge in [0.1, 0.15) is 11.6 Å². The second kappa shape index (κ2) is 3.24. The van der Waals surface area contributed by atoms with Gasteiger partial charge in [-0.25, -0.2) is 4.39 Å². The highest BCUT2D eigenvalue weighted by Gasteiger charge is 2.31. The van der Waals surface area contributed by atoms with Gasteiger partial charge in [0, 0.05) is 5.56 Å². The molecule has 0 saturated carbocycles. The molecule has 1 radical (unpaired) electrons. The molecule has 71 valence electrons. The van der Waals surface area contributed by atoms with Crippen LogP contribution in [0.1, 0.15) is 5.56 Å². The van der Waals surface area contributed by atoms with E-state index >= 15 is 0 Å². The van der Waals surface area contributed by atoms with Crippen molar-refractivity contribution in [1.29, 1.82) is 0 Å². The van der Waals surface area contributed by atoms with E-state index in [1.165, 1.54) is 0 Å². The molecule has 1 aromatic rings. The molecule has 0 N–H and O–H groups in total. The van der Waals surface area contributed by atoms with Crippen molar-refractivity contribution in [2.24, 2.45) is 0 Å². The zero-order chi connectivity index (χ0) is 10.1. The first-order valence-corrected chi connectivity index (χ1v) is 3.26. The van der Waals surface area contributed by atoms with E-state index in [9.17, 15) is 17.6 Å². The van der Waals surface area contributed by atoms with Gasteiger partial charge in [0.25, 0.3) is 0 Å². The fourth-order valence-electron chi connectivity index (χ4n) is 0.759. The lowest BCUT2D eigenvalue weighted by Gasteiger charge is -2.10. The number of hydrogen-bond acceptors (Lipinski definition) is 1. The molecule has 0 spiro atoms. The van der Waals surface area contributed by atoms with Crippen LogP contribution in [0.5, 0.6) is 5.75 Å². The molecular formula is C8H5F4O. The predicted octanol–water partition coefficient (Wildman–Crippen LogP) is 2.91. The van der Waals surface area contributed by atoms with E-state index in [-0.39, 0.29) is 0 Å². The van der Waals surface area contributed by atoms with Gasteiger partial charge in [-0.2, -0.15) is 0 Å². The van der Waals surface area contributed by atoms with Gasteiger partial charge in [-0.15, -0.1) is 13.2 Å². The molecule has 0 aromatic heterocycles. The van der Waals surface area contributed by atoms with Crippen molar-refractivity contribution in [3.8, 4) is 5.75 Å². The molecule has 1 aromatic carbocycles. The van der Waals surface area contributed by atoms with E-state index < -0.39 is 23.5 Å². The summed E-state index contributed by atoms with van der Waals surface area (Å²) in [6.07, 6.45) is -4.82. The van der Waals surface area contributed by atoms with Crippen LogP contribution in [0.15, 0.2) is 18.2 Å². The lowest BCUT2D eigenvalue weighted by Crippen LogP contribution is -2.17. The van der Waals surface area contributed by atoms with E-state index in [1.54, 1.807) is 0 Å². The molecule has 0 aliphatic carbocycles. The molecular weight excluding hydrogens is 188 g/mol. The molecule has 0 fully saturated rings. The zero-order valence-electron chi connectivity index (χ0n) is 6.36. The maximum Gasteiger partial charge on any atom is 0.573 e. The summed E-state index contributed by atoms with van der Waals surface area (Å²) in [5.74, 6) is -1.45. The van der Waals surface area contributed by atoms with Crippen LogP contribution in [0.2, 0.25) is 0 Å². The van der Waals surface area contributed by atoms with Gasteiger partial charge in [-0.1, -0.05) is 6.07 Å². The second-order valence-electron chi connectivity index (χ2n) is 2.26. The number of ether oxygens (including phenoxy) is 1. The molecule has 13 heavy (non-hydrogen) atoms. The Balaban J connectivity index is 2.96. The third kappa shape index (κ3) is 2.61. The lowest BCUT2D eigenvalue weighted by molar-refractivity contribution is -0.274. The van der Waals surface area contributed by atoms with Crippen molar-refractivity contribution in [3.63, 3.8) is 0 Å². The van der Waals surface area contributed by atoms with Crippen molar-refractivity contribution >= 4 is 0 Å². The number of halogens is 4. The Labute approximate surface area is 71.9 Å². The molecule has 1 rings (SSSR count). The van der Waals surface area contributed by atoms with Crippen LogP contribution in [0.4, 0.5) is 17.6 Å². The Hall–Kier alpha value is -1.26. The molecule has 0 aliphatic rings. The van der Waals surface area contributed by atoms with E-state index in [0.717, 1.165) is 18.2 Å². The Bertz CT molecular complexity index is 306. The van der Waals surface area contributed by atoms with E-state index in [1.807, 2.05) is 0 Å². The molecule has 1 nitrogen and oxygen atoms in total. The van der Waals surface area contributed by atoms with Gasteiger partial charge in [0.05, 0.1) is 0 Å². The molecule has 0 amide bonds. The van der Waals surface area contributed by atoms with Crippen LogP contribution in [0, 0.1) is 12.7 Å². The molecule has 0 unspecified atom stereocenters. The van der Waals surface area contributed by atoms with Crippen LogP contribution in [0.25, 0.3) is 0 Å². The summed E-state index contributed by atoms with van der Waals surface area (Å²) in [5.41, 5.74) is -0.403. The minimum Gasteiger partial charge on any atom is -0.405 e. The molecule has 5 heteroatoms. The predicted molar refractivity (Wildman–Crippen MR) is 37.5 cm³/mol. The topological polar surface area (TPSA) is 9.23 Å². The van der Waals surface area contributed by atoms with E-state index in [0.29, 0.717) is 0 Å². The quantitative estimate of drug-likeness (QED) is 0.623. The molecule has 0 aliphatic heterocycles. The van der Waals surface area contributed by atoms with Crippen molar-refractivity contribution < 1.29 is 22.3 Å². The maximum absolute atomic E-state index is 12.6. The summed E-state index contributed by atoms with van der Waals surface area (Å²) in [6.45, 7) is 3.10. The summed E-state index contributed by atoms with van der Waals surface area (Å²) in [5, 5.41) is 0. The third-order valence-corrected chi connectivity index (χ3v) is 1.30. The Morgan fingerprint density at radius 3 is 2.38 bits per heavy atom. The normalized spacial score (nSPS) is 11.5. The van der Waals surface area contributed by atoms with Crippen LogP contribution in [-0.4, -0.2) is 6.36 Å². The minimum absolute atomic E-state index is 0.403. The van der Waals surface area contributed by atoms with E-state index in [4.69, 9.17) is 0 Å². The minimum atomic E-state index is -4.82. The number of alkyl halides is 3. The van der Waals surface area contributed by atoms with Crippen molar-refractivity contribution in [3.05, 3.63) is 36.5 Å². The van der Waals surface area contributed by atoms with Crippen molar-refractivity contribution in [1.82, 2.24) is 0 Å². The smallest absolute Gasteiger partial charge is 0.405 e. The zero-order valence-corrected chi connectivity index (χ0v) is 6.36. The third-order valence-electron chi connectivity index (χ3n) is 1.30. The first-order chi connectivity index (χ1) is 5.90. The Morgan fingerprint density at radius 1 is 1.23 bits per heavy atom. The van der Waals surface area contributed by atoms with Crippen LogP contribution >= 0.6 is 0 Å². The Kier molecular flexibility index (Phi) is 2.45. The number of benzene rings is 1. The van der Waals surface area contributed by atoms with Crippen LogP contribution < -0.4 is 4.74 Å². The highest BCUT2D eigenvalue weighted by molar-refractivity contribution is 5.36. The average molecular weight is 193 g/mol. The maximum atomic E-state index is 12.6. The van der Waals surface area contributed by atoms with Gasteiger partial charge < -0.3 is 4.74 Å². The van der Waals surface area contributed by atoms with Gasteiger partial charge in [-0.3, -0.25) is 0 Å². The first kappa shape index (κ1) is 9.83. The van der Waals surface area contributed by atoms with Crippen molar-refractivity contribution in [2.75, 3.05) is 0 Å². The van der Waals surface area contributed by atoms with Gasteiger partial charge in [0.15, 0.2) is 0 Å². The molecule has 0 bridgehead atoms. The summed E-state index contributed by atoms with van der Waals surface area (Å²) in [7, 11) is 0. The highest BCUT2D eigenvalue weighted by atomic mass is 19.4. The first-order valence-electron chi connectivity index (χ1n) is 3.26.